The van der Waals surface area contributed by atoms with Crippen LogP contribution in [0.15, 0.2) is 30.3 Å². The lowest BCUT2D eigenvalue weighted by atomic mass is 9.86. The zero-order valence-electron chi connectivity index (χ0n) is 22.9. The highest BCUT2D eigenvalue weighted by Crippen LogP contribution is 2.44. The van der Waals surface area contributed by atoms with Gasteiger partial charge in [0.2, 0.25) is 5.95 Å². The van der Waals surface area contributed by atoms with Crippen LogP contribution in [-0.4, -0.2) is 30.5 Å². The summed E-state index contributed by atoms with van der Waals surface area (Å²) in [6.45, 7) is 4.50. The molecule has 2 aromatic rings. The van der Waals surface area contributed by atoms with Gasteiger partial charge in [0, 0.05) is 5.56 Å². The van der Waals surface area contributed by atoms with Gasteiger partial charge in [-0.15, -0.1) is 0 Å². The second-order valence-electron chi connectivity index (χ2n) is 10.4. The quantitative estimate of drug-likeness (QED) is 0.114. The number of alkyl halides is 3. The van der Waals surface area contributed by atoms with Crippen molar-refractivity contribution in [2.45, 2.75) is 116 Å². The van der Waals surface area contributed by atoms with Crippen LogP contribution in [0.25, 0.3) is 11.3 Å². The number of hydrogen-bond acceptors (Lipinski definition) is 3. The van der Waals surface area contributed by atoms with Crippen molar-refractivity contribution < 1.29 is 27.0 Å². The Morgan fingerprint density at radius 3 is 2.32 bits per heavy atom. The van der Waals surface area contributed by atoms with Crippen LogP contribution in [0.4, 0.5) is 17.6 Å². The van der Waals surface area contributed by atoms with E-state index in [1.54, 1.807) is 24.3 Å². The topological polar surface area (TPSA) is 31.4 Å². The van der Waals surface area contributed by atoms with Gasteiger partial charge in [0.05, 0.1) is 24.5 Å². The van der Waals surface area contributed by atoms with Crippen LogP contribution in [0.2, 0.25) is 0 Å². The maximum Gasteiger partial charge on any atom is 0.303 e. The van der Waals surface area contributed by atoms with Crippen LogP contribution in [0.3, 0.4) is 0 Å². The predicted octanol–water partition coefficient (Wildman–Crippen LogP) is 9.36. The molecule has 1 heterocycles. The summed E-state index contributed by atoms with van der Waals surface area (Å²) in [5.74, 6) is -4.06. The molecule has 1 aromatic heterocycles. The lowest BCUT2D eigenvalue weighted by Crippen LogP contribution is -2.40. The minimum atomic E-state index is -3.57. The summed E-state index contributed by atoms with van der Waals surface area (Å²) in [5.41, 5.74) is 0.422. The highest BCUT2D eigenvalue weighted by Gasteiger charge is 2.49. The molecule has 0 amide bonds. The summed E-state index contributed by atoms with van der Waals surface area (Å²) in [6.07, 6.45) is 8.43. The van der Waals surface area contributed by atoms with Crippen LogP contribution in [-0.2, 0) is 17.1 Å². The molecule has 3 nitrogen and oxygen atoms in total. The number of benzene rings is 1. The van der Waals surface area contributed by atoms with Crippen molar-refractivity contribution in [1.29, 1.82) is 0 Å². The van der Waals surface area contributed by atoms with E-state index in [4.69, 9.17) is 9.47 Å². The predicted molar refractivity (Wildman–Crippen MR) is 144 cm³/mol. The minimum Gasteiger partial charge on any atom is -0.494 e. The Labute approximate surface area is 225 Å². The highest BCUT2D eigenvalue weighted by molar-refractivity contribution is 5.62. The molecule has 0 fully saturated rings. The molecule has 212 valence electrons. The van der Waals surface area contributed by atoms with Gasteiger partial charge in [-0.1, -0.05) is 71.6 Å². The summed E-state index contributed by atoms with van der Waals surface area (Å²) in [5, 5.41) is 0. The third kappa shape index (κ3) is 8.69. The van der Waals surface area contributed by atoms with Gasteiger partial charge in [0.25, 0.3) is 0 Å². The molecule has 3 rings (SSSR count). The van der Waals surface area contributed by atoms with E-state index in [9.17, 15) is 8.78 Å². The summed E-state index contributed by atoms with van der Waals surface area (Å²) in [4.78, 5) is 3.86. The van der Waals surface area contributed by atoms with Gasteiger partial charge in [-0.2, -0.15) is 13.2 Å². The highest BCUT2D eigenvalue weighted by atomic mass is 19.3. The number of ether oxygens (including phenoxy) is 2. The van der Waals surface area contributed by atoms with E-state index in [2.05, 4.69) is 18.8 Å². The van der Waals surface area contributed by atoms with Crippen molar-refractivity contribution in [2.75, 3.05) is 13.2 Å². The molecule has 0 saturated heterocycles. The fourth-order valence-electron chi connectivity index (χ4n) is 4.97. The number of hydrogen-bond donors (Lipinski definition) is 0. The molecule has 0 N–H and O–H groups in total. The van der Waals surface area contributed by atoms with Crippen LogP contribution >= 0.6 is 0 Å². The number of aromatic nitrogens is 1. The maximum atomic E-state index is 15.2. The smallest absolute Gasteiger partial charge is 0.303 e. The summed E-state index contributed by atoms with van der Waals surface area (Å²) in [6, 6.07) is 8.64. The first kappa shape index (κ1) is 30.4. The van der Waals surface area contributed by atoms with Gasteiger partial charge in [-0.05, 0) is 61.6 Å². The Morgan fingerprint density at radius 2 is 1.61 bits per heavy atom. The molecule has 0 saturated carbocycles. The average Bonchev–Trinajstić information content (AvgIpc) is 2.90. The Bertz CT molecular complexity index is 967. The third-order valence-electron chi connectivity index (χ3n) is 7.24. The summed E-state index contributed by atoms with van der Waals surface area (Å²) < 4.78 is 70.6. The lowest BCUT2D eigenvalue weighted by Gasteiger charge is -2.33. The second-order valence-corrected chi connectivity index (χ2v) is 10.4. The number of halogens is 4. The number of fused-ring (bicyclic) bond motifs is 1. The van der Waals surface area contributed by atoms with Crippen molar-refractivity contribution >= 4 is 0 Å². The lowest BCUT2D eigenvalue weighted by molar-refractivity contribution is -0.160. The van der Waals surface area contributed by atoms with Gasteiger partial charge in [-0.3, -0.25) is 0 Å². The number of rotatable bonds is 17. The molecule has 7 heteroatoms. The Kier molecular flexibility index (Phi) is 12.4. The maximum absolute atomic E-state index is 15.2. The van der Waals surface area contributed by atoms with Crippen LogP contribution in [0.5, 0.6) is 5.75 Å². The van der Waals surface area contributed by atoms with E-state index in [0.717, 1.165) is 32.1 Å². The first-order valence-corrected chi connectivity index (χ1v) is 14.4. The molecule has 0 radical (unpaired) electrons. The normalized spacial score (nSPS) is 17.3. The van der Waals surface area contributed by atoms with Crippen LogP contribution < -0.4 is 4.74 Å². The van der Waals surface area contributed by atoms with E-state index in [-0.39, 0.29) is 24.8 Å². The Balaban J connectivity index is 1.57. The zero-order valence-corrected chi connectivity index (χ0v) is 22.9. The molecule has 0 spiro atoms. The Morgan fingerprint density at radius 1 is 0.947 bits per heavy atom. The van der Waals surface area contributed by atoms with E-state index >= 15 is 8.78 Å². The molecule has 1 aliphatic rings. The molecule has 2 unspecified atom stereocenters. The van der Waals surface area contributed by atoms with Crippen LogP contribution in [0.1, 0.15) is 102 Å². The van der Waals surface area contributed by atoms with Gasteiger partial charge in [-0.25, -0.2) is 9.37 Å². The van der Waals surface area contributed by atoms with Crippen molar-refractivity contribution in [3.63, 3.8) is 0 Å². The molecule has 0 aliphatic heterocycles. The SMILES string of the molecule is CCCCCCCCOc1ccc(-c2cc3c(c(F)n2)C(F)(F)C(OCC(F)CCCCCC)CC3)cc1. The fourth-order valence-corrected chi connectivity index (χ4v) is 4.97. The summed E-state index contributed by atoms with van der Waals surface area (Å²) >= 11 is 0. The number of unbranched alkanes of at least 4 members (excludes halogenated alkanes) is 8. The van der Waals surface area contributed by atoms with Gasteiger partial charge in [0.1, 0.15) is 18.0 Å². The molecule has 38 heavy (non-hydrogen) atoms. The van der Waals surface area contributed by atoms with Crippen molar-refractivity contribution in [3.05, 3.63) is 47.4 Å². The van der Waals surface area contributed by atoms with E-state index < -0.39 is 36.3 Å². The number of aryl methyl sites for hydroxylation is 1. The minimum absolute atomic E-state index is 0.00330. The fraction of sp³-hybridized carbons (Fsp3) is 0.645. The monoisotopic (exact) mass is 537 g/mol. The molecular weight excluding hydrogens is 494 g/mol. The molecule has 1 aliphatic carbocycles. The van der Waals surface area contributed by atoms with Crippen molar-refractivity contribution in [3.8, 4) is 17.0 Å². The van der Waals surface area contributed by atoms with E-state index in [1.165, 1.54) is 31.7 Å². The number of pyridine rings is 1. The second kappa shape index (κ2) is 15.4. The van der Waals surface area contributed by atoms with Crippen LogP contribution in [0, 0.1) is 5.95 Å². The van der Waals surface area contributed by atoms with Gasteiger partial charge in [0.15, 0.2) is 0 Å². The molecule has 0 bridgehead atoms. The molecular formula is C31H43F4NO2. The van der Waals surface area contributed by atoms with Crippen molar-refractivity contribution in [2.24, 2.45) is 0 Å². The number of nitrogens with zero attached hydrogens (tertiary/aromatic N) is 1. The van der Waals surface area contributed by atoms with Gasteiger partial charge < -0.3 is 9.47 Å². The van der Waals surface area contributed by atoms with Crippen molar-refractivity contribution in [1.82, 2.24) is 4.98 Å². The largest absolute Gasteiger partial charge is 0.494 e. The molecule has 1 aromatic carbocycles. The average molecular weight is 538 g/mol. The Hall–Kier alpha value is -2.15. The first-order valence-electron chi connectivity index (χ1n) is 14.4. The van der Waals surface area contributed by atoms with Gasteiger partial charge >= 0.3 is 5.92 Å². The summed E-state index contributed by atoms with van der Waals surface area (Å²) in [7, 11) is 0. The standard InChI is InChI=1S/C31H43F4NO2/c1-3-5-7-9-10-12-20-37-26-17-14-23(15-18-26)27-21-24-16-19-28(31(34,35)29(24)30(33)36-27)38-22-25(32)13-11-8-6-4-2/h14-15,17-18,21,25,28H,3-13,16,19-20,22H2,1-2H3. The molecule has 2 atom stereocenters. The first-order chi connectivity index (χ1) is 18.4. The third-order valence-corrected chi connectivity index (χ3v) is 7.24. The zero-order chi connectivity index (χ0) is 27.4. The van der Waals surface area contributed by atoms with E-state index in [1.807, 2.05) is 0 Å². The van der Waals surface area contributed by atoms with E-state index in [0.29, 0.717) is 30.0 Å².